The lowest BCUT2D eigenvalue weighted by Gasteiger charge is -2.23. The van der Waals surface area contributed by atoms with Crippen molar-refractivity contribution in [2.24, 2.45) is 0 Å². The van der Waals surface area contributed by atoms with Crippen molar-refractivity contribution in [1.29, 1.82) is 0 Å². The molecular weight excluding hydrogens is 487 g/mol. The number of aromatic nitrogens is 1. The third-order valence-electron chi connectivity index (χ3n) is 4.35. The third-order valence-corrected chi connectivity index (χ3v) is 4.86. The fourth-order valence-corrected chi connectivity index (χ4v) is 2.93. The van der Waals surface area contributed by atoms with Crippen molar-refractivity contribution < 1.29 is 33.8 Å². The fourth-order valence-electron chi connectivity index (χ4n) is 2.68. The van der Waals surface area contributed by atoms with Gasteiger partial charge in [-0.3, -0.25) is 9.78 Å². The van der Waals surface area contributed by atoms with E-state index in [1.54, 1.807) is 0 Å². The summed E-state index contributed by atoms with van der Waals surface area (Å²) in [5.74, 6) is -4.83. The van der Waals surface area contributed by atoms with E-state index in [1.807, 2.05) is 0 Å². The van der Waals surface area contributed by atoms with Crippen LogP contribution in [0.25, 0.3) is 0 Å². The second-order valence-electron chi connectivity index (χ2n) is 6.73. The molecular formula is C23H16Cl2N2O7. The molecule has 3 rings (SSSR count). The number of esters is 2. The van der Waals surface area contributed by atoms with Gasteiger partial charge in [0.15, 0.2) is 0 Å². The summed E-state index contributed by atoms with van der Waals surface area (Å²) in [5, 5.41) is 12.8. The number of benzene rings is 2. The van der Waals surface area contributed by atoms with Crippen molar-refractivity contribution in [3.05, 3.63) is 94.2 Å². The van der Waals surface area contributed by atoms with Crippen LogP contribution in [0.1, 0.15) is 20.7 Å². The summed E-state index contributed by atoms with van der Waals surface area (Å²) >= 11 is 11.6. The van der Waals surface area contributed by atoms with Crippen LogP contribution in [-0.2, 0) is 19.1 Å². The molecule has 0 aliphatic heterocycles. The van der Waals surface area contributed by atoms with Crippen LogP contribution in [0.4, 0.5) is 5.69 Å². The van der Waals surface area contributed by atoms with E-state index < -0.39 is 36.0 Å². The topological polar surface area (TPSA) is 132 Å². The lowest BCUT2D eigenvalue weighted by Crippen LogP contribution is -2.48. The third kappa shape index (κ3) is 6.53. The quantitative estimate of drug-likeness (QED) is 0.443. The minimum Gasteiger partial charge on any atom is -0.478 e. The second kappa shape index (κ2) is 11.3. The number of carboxylic acids is 1. The first-order valence-corrected chi connectivity index (χ1v) is 10.4. The van der Waals surface area contributed by atoms with Gasteiger partial charge in [-0.15, -0.1) is 0 Å². The van der Waals surface area contributed by atoms with E-state index in [0.29, 0.717) is 10.0 Å². The van der Waals surface area contributed by atoms with Crippen LogP contribution < -0.4 is 5.32 Å². The zero-order valence-electron chi connectivity index (χ0n) is 17.2. The number of nitrogens with one attached hydrogen (secondary N) is 1. The molecule has 0 saturated carbocycles. The lowest BCUT2D eigenvalue weighted by molar-refractivity contribution is -0.157. The van der Waals surface area contributed by atoms with Gasteiger partial charge in [0.2, 0.25) is 12.2 Å². The normalized spacial score (nSPS) is 12.2. The molecule has 0 bridgehead atoms. The average Bonchev–Trinajstić information content (AvgIpc) is 2.82. The zero-order valence-corrected chi connectivity index (χ0v) is 18.7. The summed E-state index contributed by atoms with van der Waals surface area (Å²) in [6.45, 7) is 0. The standard InChI is InChI=1S/C23H16Cl2N2O7/c24-15-5-1-13(2-6-15)22(31)33-18(20(28)27-17-9-11-26-12-10-17)19(21(29)30)34-23(32)14-3-7-16(25)8-4-14/h1-12,18-19H,(H,29,30)(H,26,27,28)/t18-,19+/m0/s1. The first-order valence-electron chi connectivity index (χ1n) is 9.61. The number of pyridine rings is 1. The predicted molar refractivity (Wildman–Crippen MR) is 122 cm³/mol. The SMILES string of the molecule is O=C(O[C@H](C(=O)Nc1ccncc1)[C@@H](OC(=O)c1ccc(Cl)cc1)C(=O)O)c1ccc(Cl)cc1. The summed E-state index contributed by atoms with van der Waals surface area (Å²) in [7, 11) is 0. The highest BCUT2D eigenvalue weighted by molar-refractivity contribution is 6.31. The van der Waals surface area contributed by atoms with E-state index in [9.17, 15) is 24.3 Å². The van der Waals surface area contributed by atoms with Crippen LogP contribution in [-0.4, -0.2) is 46.1 Å². The van der Waals surface area contributed by atoms with Crippen molar-refractivity contribution in [2.45, 2.75) is 12.2 Å². The maximum atomic E-state index is 12.9. The Labute approximate surface area is 203 Å². The molecule has 1 amide bonds. The van der Waals surface area contributed by atoms with Gasteiger partial charge in [-0.05, 0) is 60.7 Å². The van der Waals surface area contributed by atoms with Crippen LogP contribution in [0.2, 0.25) is 10.0 Å². The smallest absolute Gasteiger partial charge is 0.349 e. The van der Waals surface area contributed by atoms with E-state index in [1.165, 1.54) is 73.1 Å². The van der Waals surface area contributed by atoms with Crippen molar-refractivity contribution in [2.75, 3.05) is 5.32 Å². The monoisotopic (exact) mass is 502 g/mol. The van der Waals surface area contributed by atoms with Gasteiger partial charge in [0.1, 0.15) is 0 Å². The molecule has 0 radical (unpaired) electrons. The zero-order chi connectivity index (χ0) is 24.7. The molecule has 0 fully saturated rings. The van der Waals surface area contributed by atoms with Gasteiger partial charge >= 0.3 is 17.9 Å². The number of rotatable bonds is 8. The molecule has 1 aromatic heterocycles. The molecule has 2 aromatic carbocycles. The van der Waals surface area contributed by atoms with Crippen molar-refractivity contribution in [3.63, 3.8) is 0 Å². The number of ether oxygens (including phenoxy) is 2. The molecule has 2 N–H and O–H groups in total. The molecule has 0 saturated heterocycles. The summed E-state index contributed by atoms with van der Waals surface area (Å²) in [6.07, 6.45) is -1.43. The second-order valence-corrected chi connectivity index (χ2v) is 7.60. The molecule has 0 aliphatic carbocycles. The molecule has 0 unspecified atom stereocenters. The van der Waals surface area contributed by atoms with E-state index in [4.69, 9.17) is 32.7 Å². The van der Waals surface area contributed by atoms with E-state index in [-0.39, 0.29) is 16.8 Å². The molecule has 11 heteroatoms. The Morgan fingerprint density at radius 3 is 1.62 bits per heavy atom. The highest BCUT2D eigenvalue weighted by Gasteiger charge is 2.41. The maximum absolute atomic E-state index is 12.9. The Morgan fingerprint density at radius 2 is 1.18 bits per heavy atom. The van der Waals surface area contributed by atoms with Gasteiger partial charge in [-0.2, -0.15) is 0 Å². The molecule has 0 aliphatic rings. The highest BCUT2D eigenvalue weighted by Crippen LogP contribution is 2.18. The summed E-state index contributed by atoms with van der Waals surface area (Å²) < 4.78 is 10.3. The Bertz CT molecular complexity index is 1190. The van der Waals surface area contributed by atoms with Gasteiger partial charge in [0, 0.05) is 28.1 Å². The van der Waals surface area contributed by atoms with Gasteiger partial charge in [0.05, 0.1) is 11.1 Å². The number of anilines is 1. The summed E-state index contributed by atoms with van der Waals surface area (Å²) in [6, 6.07) is 13.8. The van der Waals surface area contributed by atoms with Gasteiger partial charge in [-0.1, -0.05) is 23.2 Å². The molecule has 3 aromatic rings. The van der Waals surface area contributed by atoms with E-state index in [2.05, 4.69) is 10.3 Å². The van der Waals surface area contributed by atoms with Crippen LogP contribution in [0, 0.1) is 0 Å². The number of hydrogen-bond acceptors (Lipinski definition) is 7. The lowest BCUT2D eigenvalue weighted by atomic mass is 10.1. The maximum Gasteiger partial charge on any atom is 0.349 e. The number of amides is 1. The number of carbonyl (C=O) groups is 4. The van der Waals surface area contributed by atoms with E-state index in [0.717, 1.165) is 0 Å². The Morgan fingerprint density at radius 1 is 0.735 bits per heavy atom. The fraction of sp³-hybridized carbons (Fsp3) is 0.0870. The number of carbonyl (C=O) groups excluding carboxylic acids is 3. The number of hydrogen-bond donors (Lipinski definition) is 2. The Kier molecular flexibility index (Phi) is 8.18. The van der Waals surface area contributed by atoms with Crippen LogP contribution in [0.5, 0.6) is 0 Å². The molecule has 174 valence electrons. The van der Waals surface area contributed by atoms with Crippen LogP contribution in [0.15, 0.2) is 73.1 Å². The van der Waals surface area contributed by atoms with Gasteiger partial charge in [-0.25, -0.2) is 14.4 Å². The van der Waals surface area contributed by atoms with Gasteiger partial charge < -0.3 is 19.9 Å². The minimum absolute atomic E-state index is 0.000669. The number of carboxylic acid groups (broad SMARTS) is 1. The average molecular weight is 503 g/mol. The van der Waals surface area contributed by atoms with Crippen molar-refractivity contribution >= 4 is 52.7 Å². The summed E-state index contributed by atoms with van der Waals surface area (Å²) in [5.41, 5.74) is 0.230. The number of halogens is 2. The van der Waals surface area contributed by atoms with Gasteiger partial charge in [0.25, 0.3) is 5.91 Å². The van der Waals surface area contributed by atoms with Crippen LogP contribution >= 0.6 is 23.2 Å². The molecule has 2 atom stereocenters. The Balaban J connectivity index is 1.89. The minimum atomic E-state index is -2.17. The first kappa shape index (κ1) is 24.7. The largest absolute Gasteiger partial charge is 0.478 e. The van der Waals surface area contributed by atoms with Crippen LogP contribution in [0.3, 0.4) is 0 Å². The van der Waals surface area contributed by atoms with Crippen molar-refractivity contribution in [1.82, 2.24) is 4.98 Å². The first-order chi connectivity index (χ1) is 16.2. The molecule has 0 spiro atoms. The molecule has 9 nitrogen and oxygen atoms in total. The molecule has 1 heterocycles. The number of aliphatic carboxylic acids is 1. The van der Waals surface area contributed by atoms with E-state index >= 15 is 0 Å². The Hall–Kier alpha value is -3.95. The summed E-state index contributed by atoms with van der Waals surface area (Å²) in [4.78, 5) is 53.9. The number of nitrogens with zero attached hydrogens (tertiary/aromatic N) is 1. The van der Waals surface area contributed by atoms with Crippen molar-refractivity contribution in [3.8, 4) is 0 Å². The highest BCUT2D eigenvalue weighted by atomic mass is 35.5. The molecule has 34 heavy (non-hydrogen) atoms. The predicted octanol–water partition coefficient (Wildman–Crippen LogP) is 3.86.